The molecule has 3 aromatic heterocycles. The summed E-state index contributed by atoms with van der Waals surface area (Å²) in [5, 5.41) is 2.94. The number of rotatable bonds is 4. The number of fused-ring (bicyclic) bond motifs is 1. The third kappa shape index (κ3) is 2.64. The summed E-state index contributed by atoms with van der Waals surface area (Å²) >= 11 is 1.51. The number of aromatic amines is 1. The molecule has 1 aromatic carbocycles. The van der Waals surface area contributed by atoms with E-state index in [0.29, 0.717) is 12.2 Å². The molecule has 0 saturated heterocycles. The number of H-pyrrole nitrogens is 1. The molecule has 0 fully saturated rings. The first kappa shape index (κ1) is 13.8. The number of amides is 1. The second-order valence-electron chi connectivity index (χ2n) is 5.10. The molecular weight excluding hydrogens is 310 g/mol. The van der Waals surface area contributed by atoms with Gasteiger partial charge in [0.1, 0.15) is 11.3 Å². The Morgan fingerprint density at radius 3 is 3.04 bits per heavy atom. The Balaban J connectivity index is 1.53. The summed E-state index contributed by atoms with van der Waals surface area (Å²) in [5.74, 6) is -0.141. The lowest BCUT2D eigenvalue weighted by Gasteiger charge is -2.09. The maximum absolute atomic E-state index is 12.3. The number of thiazole rings is 1. The van der Waals surface area contributed by atoms with E-state index in [9.17, 15) is 4.79 Å². The monoisotopic (exact) mass is 323 g/mol. The van der Waals surface area contributed by atoms with Gasteiger partial charge in [0.25, 0.3) is 5.91 Å². The van der Waals surface area contributed by atoms with Crippen LogP contribution in [0.2, 0.25) is 0 Å². The van der Waals surface area contributed by atoms with Crippen LogP contribution >= 0.6 is 11.3 Å². The first-order chi connectivity index (χ1) is 11.3. The van der Waals surface area contributed by atoms with Crippen molar-refractivity contribution in [3.8, 4) is 11.1 Å². The highest BCUT2D eigenvalue weighted by molar-refractivity contribution is 7.16. The van der Waals surface area contributed by atoms with Gasteiger partial charge in [-0.2, -0.15) is 0 Å². The van der Waals surface area contributed by atoms with E-state index in [4.69, 9.17) is 4.42 Å². The molecule has 0 unspecified atom stereocenters. The van der Waals surface area contributed by atoms with Gasteiger partial charge in [-0.05, 0) is 23.3 Å². The van der Waals surface area contributed by atoms with Crippen molar-refractivity contribution in [3.05, 3.63) is 65.7 Å². The van der Waals surface area contributed by atoms with E-state index < -0.39 is 0 Å². The predicted molar refractivity (Wildman–Crippen MR) is 89.3 cm³/mol. The fourth-order valence-electron chi connectivity index (χ4n) is 2.51. The van der Waals surface area contributed by atoms with Gasteiger partial charge in [0, 0.05) is 12.1 Å². The second kappa shape index (κ2) is 5.73. The molecule has 114 valence electrons. The van der Waals surface area contributed by atoms with E-state index in [1.807, 2.05) is 36.4 Å². The number of carbonyl (C=O) groups excluding carboxylic acids is 1. The van der Waals surface area contributed by atoms with Gasteiger partial charge in [0.2, 0.25) is 0 Å². The Hall–Kier alpha value is -2.86. The quantitative estimate of drug-likeness (QED) is 0.600. The summed E-state index contributed by atoms with van der Waals surface area (Å²) in [6.07, 6.45) is 3.34. The average molecular weight is 323 g/mol. The van der Waals surface area contributed by atoms with Gasteiger partial charge in [-0.15, -0.1) is 11.3 Å². The Kier molecular flexibility index (Phi) is 3.44. The number of carbonyl (C=O) groups is 1. The van der Waals surface area contributed by atoms with Gasteiger partial charge in [0.05, 0.1) is 22.7 Å². The number of aromatic nitrogens is 2. The minimum absolute atomic E-state index is 0.141. The highest BCUT2D eigenvalue weighted by atomic mass is 32.1. The molecule has 3 heterocycles. The fraction of sp³-hybridized carbons (Fsp3) is 0.0588. The van der Waals surface area contributed by atoms with E-state index in [-0.39, 0.29) is 5.91 Å². The number of furan rings is 1. The molecule has 1 amide bonds. The third-order valence-electron chi connectivity index (χ3n) is 3.66. The molecule has 23 heavy (non-hydrogen) atoms. The van der Waals surface area contributed by atoms with Crippen LogP contribution in [-0.2, 0) is 6.54 Å². The van der Waals surface area contributed by atoms with Crippen LogP contribution in [0.4, 0.5) is 0 Å². The van der Waals surface area contributed by atoms with E-state index in [1.54, 1.807) is 18.0 Å². The zero-order valence-corrected chi connectivity index (χ0v) is 12.9. The van der Waals surface area contributed by atoms with Crippen molar-refractivity contribution in [1.29, 1.82) is 0 Å². The van der Waals surface area contributed by atoms with Crippen LogP contribution in [0.1, 0.15) is 16.1 Å². The van der Waals surface area contributed by atoms with Gasteiger partial charge in [-0.3, -0.25) is 4.79 Å². The molecule has 0 radical (unpaired) electrons. The fourth-order valence-corrected chi connectivity index (χ4v) is 3.19. The van der Waals surface area contributed by atoms with Crippen molar-refractivity contribution in [3.63, 3.8) is 0 Å². The van der Waals surface area contributed by atoms with Crippen LogP contribution in [0, 0.1) is 0 Å². The lowest BCUT2D eigenvalue weighted by Crippen LogP contribution is -2.23. The van der Waals surface area contributed by atoms with Crippen LogP contribution in [0.5, 0.6) is 0 Å². The topological polar surface area (TPSA) is 70.9 Å². The molecule has 0 bridgehead atoms. The van der Waals surface area contributed by atoms with Crippen LogP contribution in [-0.4, -0.2) is 15.9 Å². The zero-order valence-electron chi connectivity index (χ0n) is 12.1. The Labute approximate surface area is 136 Å². The molecule has 0 aliphatic heterocycles. The molecular formula is C17H13N3O2S. The minimum atomic E-state index is -0.141. The smallest absolute Gasteiger partial charge is 0.268 e. The summed E-state index contributed by atoms with van der Waals surface area (Å²) in [4.78, 5) is 19.5. The lowest BCUT2D eigenvalue weighted by molar-refractivity contribution is 0.0947. The molecule has 0 saturated carbocycles. The predicted octanol–water partition coefficient (Wildman–Crippen LogP) is 3.81. The molecule has 0 spiro atoms. The van der Waals surface area contributed by atoms with Crippen molar-refractivity contribution in [1.82, 2.24) is 15.3 Å². The molecule has 4 rings (SSSR count). The minimum Gasteiger partial charge on any atom is -0.472 e. The Bertz CT molecular complexity index is 925. The van der Waals surface area contributed by atoms with E-state index in [1.165, 1.54) is 11.3 Å². The van der Waals surface area contributed by atoms with E-state index in [2.05, 4.69) is 15.3 Å². The molecule has 5 nitrogen and oxygen atoms in total. The molecule has 0 aliphatic rings. The second-order valence-corrected chi connectivity index (χ2v) is 5.99. The molecule has 0 aliphatic carbocycles. The molecule has 2 N–H and O–H groups in total. The summed E-state index contributed by atoms with van der Waals surface area (Å²) < 4.78 is 6.13. The van der Waals surface area contributed by atoms with Crippen molar-refractivity contribution in [2.45, 2.75) is 6.54 Å². The van der Waals surface area contributed by atoms with Gasteiger partial charge >= 0.3 is 0 Å². The van der Waals surface area contributed by atoms with E-state index in [0.717, 1.165) is 27.0 Å². The Morgan fingerprint density at radius 2 is 2.22 bits per heavy atom. The number of benzene rings is 1. The highest BCUT2D eigenvalue weighted by Crippen LogP contribution is 2.24. The van der Waals surface area contributed by atoms with Gasteiger partial charge in [-0.1, -0.05) is 24.3 Å². The number of hydrogen-bond acceptors (Lipinski definition) is 4. The standard InChI is InChI=1S/C17H13N3O2S/c21-17(14-7-15-16(20-14)19-10-23-15)18-8-11-3-1-2-4-13(11)12-5-6-22-9-12/h1-7,9-10,20H,8H2,(H,18,21). The Morgan fingerprint density at radius 1 is 1.30 bits per heavy atom. The first-order valence-electron chi connectivity index (χ1n) is 7.12. The van der Waals surface area contributed by atoms with Gasteiger partial charge in [0.15, 0.2) is 0 Å². The van der Waals surface area contributed by atoms with Crippen LogP contribution in [0.3, 0.4) is 0 Å². The number of nitrogens with zero attached hydrogens (tertiary/aromatic N) is 1. The maximum Gasteiger partial charge on any atom is 0.268 e. The average Bonchev–Trinajstić information content (AvgIpc) is 3.28. The number of nitrogens with one attached hydrogen (secondary N) is 2. The summed E-state index contributed by atoms with van der Waals surface area (Å²) in [7, 11) is 0. The van der Waals surface area contributed by atoms with Crippen molar-refractivity contribution >= 4 is 27.6 Å². The molecule has 4 aromatic rings. The third-order valence-corrected chi connectivity index (χ3v) is 4.43. The maximum atomic E-state index is 12.3. The summed E-state index contributed by atoms with van der Waals surface area (Å²) in [6.45, 7) is 0.445. The zero-order chi connectivity index (χ0) is 15.6. The van der Waals surface area contributed by atoms with Gasteiger partial charge in [-0.25, -0.2) is 4.98 Å². The molecule has 6 heteroatoms. The SMILES string of the molecule is O=C(NCc1ccccc1-c1ccoc1)c1cc2scnc2[nH]1. The van der Waals surface area contributed by atoms with Crippen LogP contribution in [0.15, 0.2) is 58.9 Å². The summed E-state index contributed by atoms with van der Waals surface area (Å²) in [6, 6.07) is 11.7. The van der Waals surface area contributed by atoms with Crippen molar-refractivity contribution < 1.29 is 9.21 Å². The molecule has 0 atom stereocenters. The van der Waals surface area contributed by atoms with Crippen LogP contribution < -0.4 is 5.32 Å². The summed E-state index contributed by atoms with van der Waals surface area (Å²) in [5.41, 5.74) is 6.12. The normalized spacial score (nSPS) is 11.0. The van der Waals surface area contributed by atoms with Gasteiger partial charge < -0.3 is 14.7 Å². The van der Waals surface area contributed by atoms with E-state index >= 15 is 0 Å². The first-order valence-corrected chi connectivity index (χ1v) is 8.00. The van der Waals surface area contributed by atoms with Crippen LogP contribution in [0.25, 0.3) is 21.5 Å². The lowest BCUT2D eigenvalue weighted by atomic mass is 10.0. The highest BCUT2D eigenvalue weighted by Gasteiger charge is 2.12. The van der Waals surface area contributed by atoms with Crippen molar-refractivity contribution in [2.75, 3.05) is 0 Å². The van der Waals surface area contributed by atoms with Crippen molar-refractivity contribution in [2.24, 2.45) is 0 Å². The largest absolute Gasteiger partial charge is 0.472 e. The number of hydrogen-bond donors (Lipinski definition) is 2.